The van der Waals surface area contributed by atoms with Gasteiger partial charge in [-0.25, -0.2) is 14.3 Å². The SMILES string of the molecule is CCn1c(=O)n(C(F)F)c2cc(N)cnc21. The van der Waals surface area contributed by atoms with Gasteiger partial charge in [0, 0.05) is 6.54 Å². The number of imidazole rings is 1. The molecule has 0 saturated heterocycles. The Morgan fingerprint density at radius 2 is 2.25 bits per heavy atom. The van der Waals surface area contributed by atoms with E-state index in [1.54, 1.807) is 6.92 Å². The van der Waals surface area contributed by atoms with Gasteiger partial charge in [-0.3, -0.25) is 4.57 Å². The summed E-state index contributed by atoms with van der Waals surface area (Å²) in [6.07, 6.45) is 1.34. The highest BCUT2D eigenvalue weighted by atomic mass is 19.3. The maximum Gasteiger partial charge on any atom is 0.334 e. The largest absolute Gasteiger partial charge is 0.397 e. The number of hydrogen-bond acceptors (Lipinski definition) is 3. The Hall–Kier alpha value is -1.92. The fourth-order valence-corrected chi connectivity index (χ4v) is 1.64. The topological polar surface area (TPSA) is 65.8 Å². The third kappa shape index (κ3) is 1.36. The average molecular weight is 228 g/mol. The number of anilines is 1. The van der Waals surface area contributed by atoms with Crippen LogP contribution in [0.15, 0.2) is 17.1 Å². The number of aromatic nitrogens is 3. The fourth-order valence-electron chi connectivity index (χ4n) is 1.64. The van der Waals surface area contributed by atoms with E-state index >= 15 is 0 Å². The number of aryl methyl sites for hydroxylation is 1. The summed E-state index contributed by atoms with van der Waals surface area (Å²) >= 11 is 0. The molecule has 86 valence electrons. The second-order valence-corrected chi connectivity index (χ2v) is 3.29. The maximum absolute atomic E-state index is 12.7. The number of fused-ring (bicyclic) bond motifs is 1. The van der Waals surface area contributed by atoms with Crippen LogP contribution in [-0.2, 0) is 6.54 Å². The molecule has 0 aliphatic heterocycles. The van der Waals surface area contributed by atoms with Crippen LogP contribution in [0.4, 0.5) is 14.5 Å². The van der Waals surface area contributed by atoms with Crippen molar-refractivity contribution in [3.63, 3.8) is 0 Å². The van der Waals surface area contributed by atoms with Crippen LogP contribution in [0.5, 0.6) is 0 Å². The Morgan fingerprint density at radius 1 is 1.56 bits per heavy atom. The van der Waals surface area contributed by atoms with E-state index in [1.807, 2.05) is 0 Å². The first-order chi connectivity index (χ1) is 7.56. The lowest BCUT2D eigenvalue weighted by Gasteiger charge is -1.99. The normalized spacial score (nSPS) is 11.5. The van der Waals surface area contributed by atoms with Crippen LogP contribution in [-0.4, -0.2) is 14.1 Å². The van der Waals surface area contributed by atoms with Crippen molar-refractivity contribution in [1.82, 2.24) is 14.1 Å². The first kappa shape index (κ1) is 10.6. The minimum Gasteiger partial charge on any atom is -0.397 e. The average Bonchev–Trinajstić information content (AvgIpc) is 2.48. The van der Waals surface area contributed by atoms with E-state index < -0.39 is 12.2 Å². The minimum atomic E-state index is -2.90. The van der Waals surface area contributed by atoms with E-state index in [2.05, 4.69) is 4.98 Å². The molecule has 16 heavy (non-hydrogen) atoms. The highest BCUT2D eigenvalue weighted by Crippen LogP contribution is 2.19. The van der Waals surface area contributed by atoms with Crippen molar-refractivity contribution in [3.05, 3.63) is 22.7 Å². The number of alkyl halides is 2. The number of nitrogen functional groups attached to an aromatic ring is 1. The Kier molecular flexibility index (Phi) is 2.37. The Morgan fingerprint density at radius 3 is 2.81 bits per heavy atom. The van der Waals surface area contributed by atoms with Gasteiger partial charge >= 0.3 is 12.2 Å². The summed E-state index contributed by atoms with van der Waals surface area (Å²) in [7, 11) is 0. The van der Waals surface area contributed by atoms with Gasteiger partial charge in [0.25, 0.3) is 0 Å². The van der Waals surface area contributed by atoms with Gasteiger partial charge in [-0.15, -0.1) is 0 Å². The molecule has 0 fully saturated rings. The first-order valence-electron chi connectivity index (χ1n) is 4.70. The molecule has 0 aromatic carbocycles. The van der Waals surface area contributed by atoms with Crippen molar-refractivity contribution >= 4 is 16.9 Å². The van der Waals surface area contributed by atoms with E-state index in [1.165, 1.54) is 16.8 Å². The molecular weight excluding hydrogens is 218 g/mol. The third-order valence-corrected chi connectivity index (χ3v) is 2.33. The fraction of sp³-hybridized carbons (Fsp3) is 0.333. The minimum absolute atomic E-state index is 0.0573. The molecule has 0 amide bonds. The van der Waals surface area contributed by atoms with Gasteiger partial charge in [-0.05, 0) is 13.0 Å². The molecule has 2 aromatic heterocycles. The standard InChI is InChI=1S/C9H10F2N4O/c1-2-14-7-6(3-5(12)4-13-7)15(8(10)11)9(14)16/h3-4,8H,2,12H2,1H3. The monoisotopic (exact) mass is 228 g/mol. The quantitative estimate of drug-likeness (QED) is 0.839. The molecule has 2 rings (SSSR count). The molecule has 0 aliphatic carbocycles. The van der Waals surface area contributed by atoms with Crippen LogP contribution in [0.1, 0.15) is 13.5 Å². The molecular formula is C9H10F2N4O. The number of halogens is 2. The number of hydrogen-bond donors (Lipinski definition) is 1. The highest BCUT2D eigenvalue weighted by molar-refractivity contribution is 5.75. The molecule has 0 aliphatic rings. The van der Waals surface area contributed by atoms with Crippen molar-refractivity contribution in [2.75, 3.05) is 5.73 Å². The summed E-state index contributed by atoms with van der Waals surface area (Å²) in [5, 5.41) is 0. The lowest BCUT2D eigenvalue weighted by Crippen LogP contribution is -2.24. The zero-order valence-corrected chi connectivity index (χ0v) is 8.52. The van der Waals surface area contributed by atoms with E-state index in [0.717, 1.165) is 0 Å². The van der Waals surface area contributed by atoms with Gasteiger partial charge in [-0.2, -0.15) is 8.78 Å². The third-order valence-electron chi connectivity index (χ3n) is 2.33. The number of nitrogens with two attached hydrogens (primary N) is 1. The van der Waals surface area contributed by atoms with Crippen molar-refractivity contribution < 1.29 is 8.78 Å². The van der Waals surface area contributed by atoms with E-state index in [9.17, 15) is 13.6 Å². The summed E-state index contributed by atoms with van der Waals surface area (Å²) in [4.78, 5) is 15.5. The zero-order valence-electron chi connectivity index (χ0n) is 8.52. The van der Waals surface area contributed by atoms with Crippen molar-refractivity contribution in [1.29, 1.82) is 0 Å². The molecule has 0 spiro atoms. The maximum atomic E-state index is 12.7. The Balaban J connectivity index is 2.92. The molecule has 0 atom stereocenters. The molecule has 0 bridgehead atoms. The van der Waals surface area contributed by atoms with E-state index in [4.69, 9.17) is 5.73 Å². The van der Waals surface area contributed by atoms with Crippen LogP contribution < -0.4 is 11.4 Å². The van der Waals surface area contributed by atoms with Crippen molar-refractivity contribution in [3.8, 4) is 0 Å². The molecule has 0 unspecified atom stereocenters. The van der Waals surface area contributed by atoms with Gasteiger partial charge < -0.3 is 5.73 Å². The lowest BCUT2D eigenvalue weighted by atomic mass is 10.4. The van der Waals surface area contributed by atoms with Gasteiger partial charge in [0.05, 0.1) is 17.4 Å². The smallest absolute Gasteiger partial charge is 0.334 e. The van der Waals surface area contributed by atoms with Gasteiger partial charge in [0.15, 0.2) is 5.65 Å². The van der Waals surface area contributed by atoms with Gasteiger partial charge in [0.1, 0.15) is 0 Å². The molecule has 2 heterocycles. The molecule has 0 radical (unpaired) electrons. The van der Waals surface area contributed by atoms with Crippen LogP contribution in [0.2, 0.25) is 0 Å². The second-order valence-electron chi connectivity index (χ2n) is 3.29. The number of pyridine rings is 1. The predicted molar refractivity (Wildman–Crippen MR) is 55.3 cm³/mol. The lowest BCUT2D eigenvalue weighted by molar-refractivity contribution is 0.0703. The summed E-state index contributed by atoms with van der Waals surface area (Å²) in [5.74, 6) is 0. The van der Waals surface area contributed by atoms with Crippen molar-refractivity contribution in [2.45, 2.75) is 20.0 Å². The first-order valence-corrected chi connectivity index (χ1v) is 4.70. The number of nitrogens with zero attached hydrogens (tertiary/aromatic N) is 3. The Labute approximate surface area is 89.1 Å². The molecule has 7 heteroatoms. The molecule has 2 aromatic rings. The molecule has 5 nitrogen and oxygen atoms in total. The summed E-state index contributed by atoms with van der Waals surface area (Å²) in [6, 6.07) is 1.32. The highest BCUT2D eigenvalue weighted by Gasteiger charge is 2.19. The predicted octanol–water partition coefficient (Wildman–Crippen LogP) is 1.20. The summed E-state index contributed by atoms with van der Waals surface area (Å²) < 4.78 is 27.0. The van der Waals surface area contributed by atoms with Gasteiger partial charge in [-0.1, -0.05) is 0 Å². The summed E-state index contributed by atoms with van der Waals surface area (Å²) in [5.41, 5.74) is 5.22. The van der Waals surface area contributed by atoms with Crippen LogP contribution in [0.25, 0.3) is 11.2 Å². The van der Waals surface area contributed by atoms with Crippen LogP contribution in [0.3, 0.4) is 0 Å². The molecule has 2 N–H and O–H groups in total. The van der Waals surface area contributed by atoms with Crippen LogP contribution >= 0.6 is 0 Å². The van der Waals surface area contributed by atoms with Gasteiger partial charge in [0.2, 0.25) is 0 Å². The van der Waals surface area contributed by atoms with Crippen LogP contribution in [0, 0.1) is 0 Å². The van der Waals surface area contributed by atoms with Crippen molar-refractivity contribution in [2.24, 2.45) is 0 Å². The molecule has 0 saturated carbocycles. The number of rotatable bonds is 2. The Bertz CT molecular complexity index is 587. The summed E-state index contributed by atoms with van der Waals surface area (Å²) in [6.45, 7) is -0.924. The van der Waals surface area contributed by atoms with E-state index in [-0.39, 0.29) is 23.4 Å². The van der Waals surface area contributed by atoms with E-state index in [0.29, 0.717) is 4.57 Å². The zero-order chi connectivity index (χ0) is 11.9. The second kappa shape index (κ2) is 3.58.